The minimum atomic E-state index is 0. The molecule has 0 rings (SSSR count). The molecule has 0 heterocycles. The third kappa shape index (κ3) is 3.86. The van der Waals surface area contributed by atoms with Crippen LogP contribution in [0.25, 0.3) is 0 Å². The Labute approximate surface area is 53.7 Å². The summed E-state index contributed by atoms with van der Waals surface area (Å²) in [5.41, 5.74) is 0. The van der Waals surface area contributed by atoms with Gasteiger partial charge in [-0.2, -0.15) is 0 Å². The third-order valence-corrected chi connectivity index (χ3v) is 0.446. The van der Waals surface area contributed by atoms with Crippen LogP contribution < -0.4 is 0 Å². The first-order chi connectivity index (χ1) is 3.35. The van der Waals surface area contributed by atoms with E-state index in [1.165, 1.54) is 14.2 Å². The first kappa shape index (κ1) is 10.6. The molecule has 8 heavy (non-hydrogen) atoms. The number of hydroxylamine groups is 2. The van der Waals surface area contributed by atoms with Crippen LogP contribution >= 0.6 is 12.4 Å². The van der Waals surface area contributed by atoms with Crippen LogP contribution in [0.3, 0.4) is 0 Å². The molecule has 1 amide bonds. The molecule has 0 unspecified atom stereocenters. The minimum absolute atomic E-state index is 0. The standard InChI is InChI=1S/C3H7NO3.ClH/c1-6-4(3-5)7-2;/h3H,1-2H3;1H. The predicted molar refractivity (Wildman–Crippen MR) is 29.2 cm³/mol. The highest BCUT2D eigenvalue weighted by atomic mass is 35.5. The Bertz CT molecular complexity index is 56.5. The zero-order valence-corrected chi connectivity index (χ0v) is 5.47. The van der Waals surface area contributed by atoms with Gasteiger partial charge < -0.3 is 0 Å². The molecule has 5 heteroatoms. The molecule has 0 fully saturated rings. The van der Waals surface area contributed by atoms with E-state index in [0.717, 1.165) is 0 Å². The molecule has 0 spiro atoms. The van der Waals surface area contributed by atoms with E-state index in [9.17, 15) is 4.79 Å². The molecular weight excluding hydrogens is 133 g/mol. The predicted octanol–water partition coefficient (Wildman–Crippen LogP) is -0.0106. The van der Waals surface area contributed by atoms with Crippen LogP contribution in [0, 0.1) is 0 Å². The largest absolute Gasteiger partial charge is 0.274 e. The Hall–Kier alpha value is -0.320. The van der Waals surface area contributed by atoms with Gasteiger partial charge in [-0.1, -0.05) is 5.23 Å². The highest BCUT2D eigenvalue weighted by Gasteiger charge is 1.89. The maximum atomic E-state index is 9.64. The lowest BCUT2D eigenvalue weighted by Gasteiger charge is -2.06. The topological polar surface area (TPSA) is 38.8 Å². The van der Waals surface area contributed by atoms with Crippen LogP contribution in [0.2, 0.25) is 0 Å². The Kier molecular flexibility index (Phi) is 8.87. The molecule has 50 valence electrons. The summed E-state index contributed by atoms with van der Waals surface area (Å²) in [4.78, 5) is 18.2. The average molecular weight is 142 g/mol. The Morgan fingerprint density at radius 1 is 1.38 bits per heavy atom. The molecule has 0 saturated heterocycles. The maximum absolute atomic E-state index is 9.64. The fourth-order valence-electron chi connectivity index (χ4n) is 0.161. The van der Waals surface area contributed by atoms with Crippen LogP contribution in [-0.2, 0) is 14.5 Å². The van der Waals surface area contributed by atoms with Gasteiger partial charge in [0.2, 0.25) is 0 Å². The van der Waals surface area contributed by atoms with Gasteiger partial charge in [-0.25, -0.2) is 9.68 Å². The normalized spacial score (nSPS) is 7.25. The first-order valence-corrected chi connectivity index (χ1v) is 1.68. The van der Waals surface area contributed by atoms with Gasteiger partial charge >= 0.3 is 0 Å². The number of rotatable bonds is 3. The molecule has 0 aliphatic rings. The van der Waals surface area contributed by atoms with E-state index in [1.807, 2.05) is 0 Å². The van der Waals surface area contributed by atoms with Gasteiger partial charge in [0.15, 0.2) is 0 Å². The second-order valence-electron chi connectivity index (χ2n) is 0.756. The maximum Gasteiger partial charge on any atom is 0.261 e. The summed E-state index contributed by atoms with van der Waals surface area (Å²) in [6, 6.07) is 0. The minimum Gasteiger partial charge on any atom is -0.274 e. The van der Waals surface area contributed by atoms with E-state index in [-0.39, 0.29) is 12.4 Å². The smallest absolute Gasteiger partial charge is 0.261 e. The van der Waals surface area contributed by atoms with Crippen molar-refractivity contribution >= 4 is 18.8 Å². The molecule has 0 aromatic carbocycles. The van der Waals surface area contributed by atoms with Crippen molar-refractivity contribution in [2.45, 2.75) is 0 Å². The van der Waals surface area contributed by atoms with Gasteiger partial charge in [-0.15, -0.1) is 12.4 Å². The SMILES string of the molecule is CON(C=O)OC.Cl. The van der Waals surface area contributed by atoms with Crippen molar-refractivity contribution in [1.29, 1.82) is 0 Å². The molecule has 0 aromatic heterocycles. The summed E-state index contributed by atoms with van der Waals surface area (Å²) in [5, 5.41) is 0.694. The van der Waals surface area contributed by atoms with Crippen molar-refractivity contribution in [3.8, 4) is 0 Å². The van der Waals surface area contributed by atoms with Crippen LogP contribution in [0.15, 0.2) is 0 Å². The number of carbonyl (C=O) groups is 1. The van der Waals surface area contributed by atoms with E-state index in [1.54, 1.807) is 0 Å². The summed E-state index contributed by atoms with van der Waals surface area (Å²) in [6.45, 7) is 0. The number of hydrogen-bond acceptors (Lipinski definition) is 3. The molecule has 0 aliphatic heterocycles. The first-order valence-electron chi connectivity index (χ1n) is 1.68. The highest BCUT2D eigenvalue weighted by Crippen LogP contribution is 1.76. The van der Waals surface area contributed by atoms with Gasteiger partial charge in [-0.3, -0.25) is 4.79 Å². The van der Waals surface area contributed by atoms with E-state index >= 15 is 0 Å². The summed E-state index contributed by atoms with van der Waals surface area (Å²) >= 11 is 0. The van der Waals surface area contributed by atoms with Crippen molar-refractivity contribution < 1.29 is 14.5 Å². The van der Waals surface area contributed by atoms with Crippen LogP contribution in [0.1, 0.15) is 0 Å². The summed E-state index contributed by atoms with van der Waals surface area (Å²) in [7, 11) is 2.66. The van der Waals surface area contributed by atoms with Gasteiger partial charge in [0.25, 0.3) is 6.41 Å². The second kappa shape index (κ2) is 6.68. The van der Waals surface area contributed by atoms with Crippen molar-refractivity contribution in [2.24, 2.45) is 0 Å². The molecule has 0 aromatic rings. The van der Waals surface area contributed by atoms with E-state index < -0.39 is 0 Å². The number of amides is 1. The highest BCUT2D eigenvalue weighted by molar-refractivity contribution is 5.85. The number of nitrogens with zero attached hydrogens (tertiary/aromatic N) is 1. The van der Waals surface area contributed by atoms with Crippen molar-refractivity contribution in [1.82, 2.24) is 5.23 Å². The fourth-order valence-corrected chi connectivity index (χ4v) is 0.161. The quantitative estimate of drug-likeness (QED) is 0.410. The number of halogens is 1. The van der Waals surface area contributed by atoms with E-state index in [4.69, 9.17) is 0 Å². The van der Waals surface area contributed by atoms with Crippen molar-refractivity contribution in [2.75, 3.05) is 14.2 Å². The molecule has 4 nitrogen and oxygen atoms in total. The zero-order valence-electron chi connectivity index (χ0n) is 4.66. The molecule has 0 bridgehead atoms. The molecule has 0 radical (unpaired) electrons. The lowest BCUT2D eigenvalue weighted by molar-refractivity contribution is -0.307. The number of carbonyl (C=O) groups excluding carboxylic acids is 1. The molecule has 0 atom stereocenters. The van der Waals surface area contributed by atoms with Gasteiger partial charge in [-0.05, 0) is 0 Å². The van der Waals surface area contributed by atoms with E-state index in [0.29, 0.717) is 11.6 Å². The molecule has 0 aliphatic carbocycles. The van der Waals surface area contributed by atoms with Gasteiger partial charge in [0, 0.05) is 0 Å². The molecule has 0 N–H and O–H groups in total. The van der Waals surface area contributed by atoms with Crippen LogP contribution in [-0.4, -0.2) is 25.9 Å². The summed E-state index contributed by atoms with van der Waals surface area (Å²) in [6.07, 6.45) is 0.417. The van der Waals surface area contributed by atoms with E-state index in [2.05, 4.69) is 9.68 Å². The van der Waals surface area contributed by atoms with Crippen molar-refractivity contribution in [3.05, 3.63) is 0 Å². The third-order valence-electron chi connectivity index (χ3n) is 0.446. The molecule has 0 saturated carbocycles. The van der Waals surface area contributed by atoms with Crippen molar-refractivity contribution in [3.63, 3.8) is 0 Å². The summed E-state index contributed by atoms with van der Waals surface area (Å²) < 4.78 is 0. The fraction of sp³-hybridized carbons (Fsp3) is 0.667. The Morgan fingerprint density at radius 3 is 1.75 bits per heavy atom. The van der Waals surface area contributed by atoms with Gasteiger partial charge in [0.1, 0.15) is 0 Å². The lowest BCUT2D eigenvalue weighted by atomic mass is 11.4. The lowest BCUT2D eigenvalue weighted by Crippen LogP contribution is -2.17. The Balaban J connectivity index is 0. The van der Waals surface area contributed by atoms with Gasteiger partial charge in [0.05, 0.1) is 14.2 Å². The molecular formula is C3H8ClNO3. The monoisotopic (exact) mass is 141 g/mol. The van der Waals surface area contributed by atoms with Crippen LogP contribution in [0.4, 0.5) is 0 Å². The number of hydrogen-bond donors (Lipinski definition) is 0. The van der Waals surface area contributed by atoms with Crippen LogP contribution in [0.5, 0.6) is 0 Å². The zero-order chi connectivity index (χ0) is 5.70. The Morgan fingerprint density at radius 2 is 1.75 bits per heavy atom. The average Bonchev–Trinajstić information content (AvgIpc) is 1.72. The summed E-state index contributed by atoms with van der Waals surface area (Å²) in [5.74, 6) is 0. The second-order valence-corrected chi connectivity index (χ2v) is 0.756.